The van der Waals surface area contributed by atoms with Crippen LogP contribution in [0.2, 0.25) is 0 Å². The van der Waals surface area contributed by atoms with Crippen molar-refractivity contribution in [2.75, 3.05) is 6.61 Å². The van der Waals surface area contributed by atoms with Crippen molar-refractivity contribution >= 4 is 23.2 Å². The molecule has 1 heterocycles. The topological polar surface area (TPSA) is 64.6 Å². The van der Waals surface area contributed by atoms with Gasteiger partial charge in [0.05, 0.1) is 18.7 Å². The predicted molar refractivity (Wildman–Crippen MR) is 102 cm³/mol. The molecule has 0 bridgehead atoms. The molecule has 0 saturated carbocycles. The van der Waals surface area contributed by atoms with Crippen LogP contribution in [0, 0.1) is 5.92 Å². The van der Waals surface area contributed by atoms with E-state index >= 15 is 0 Å². The van der Waals surface area contributed by atoms with E-state index < -0.39 is 12.1 Å². The number of carbonyl (C=O) groups is 2. The zero-order chi connectivity index (χ0) is 18.9. The van der Waals surface area contributed by atoms with Crippen LogP contribution in [0.15, 0.2) is 41.8 Å². The van der Waals surface area contributed by atoms with Gasteiger partial charge in [0.25, 0.3) is 5.91 Å². The van der Waals surface area contributed by atoms with Gasteiger partial charge in [0.2, 0.25) is 0 Å². The van der Waals surface area contributed by atoms with E-state index in [1.54, 1.807) is 42.5 Å². The zero-order valence-electron chi connectivity index (χ0n) is 15.4. The quantitative estimate of drug-likeness (QED) is 0.672. The highest BCUT2D eigenvalue weighted by atomic mass is 32.1. The number of carbonyl (C=O) groups excluding carboxylic acids is 2. The van der Waals surface area contributed by atoms with Gasteiger partial charge in [0.1, 0.15) is 5.75 Å². The van der Waals surface area contributed by atoms with Crippen LogP contribution in [0.3, 0.4) is 0 Å². The monoisotopic (exact) mass is 375 g/mol. The molecule has 6 heteroatoms. The average Bonchev–Trinajstić information content (AvgIpc) is 3.13. The Morgan fingerprint density at radius 1 is 1.12 bits per heavy atom. The molecule has 5 nitrogen and oxygen atoms in total. The van der Waals surface area contributed by atoms with Gasteiger partial charge in [-0.05, 0) is 55.0 Å². The molecule has 1 aromatic heterocycles. The zero-order valence-corrected chi connectivity index (χ0v) is 16.2. The van der Waals surface area contributed by atoms with E-state index in [-0.39, 0.29) is 5.91 Å². The molecule has 1 unspecified atom stereocenters. The molecule has 1 amide bonds. The molecule has 0 saturated heterocycles. The molecule has 0 aliphatic heterocycles. The Hall–Kier alpha value is -2.34. The number of hydrogen-bond donors (Lipinski definition) is 1. The van der Waals surface area contributed by atoms with Gasteiger partial charge in [-0.3, -0.25) is 4.79 Å². The Kier molecular flexibility index (Phi) is 7.66. The summed E-state index contributed by atoms with van der Waals surface area (Å²) in [6, 6.07) is 10.6. The number of esters is 1. The SMILES string of the molecule is CC(C)CCOc1ccc(C(=O)OC(C)C(=O)NCc2cccs2)cc1. The second-order valence-electron chi connectivity index (χ2n) is 6.40. The summed E-state index contributed by atoms with van der Waals surface area (Å²) < 4.78 is 10.9. The first-order valence-corrected chi connectivity index (χ1v) is 9.57. The standard InChI is InChI=1S/C20H25NO4S/c1-14(2)10-11-24-17-8-6-16(7-9-17)20(23)25-15(3)19(22)21-13-18-5-4-12-26-18/h4-9,12,14-15H,10-11,13H2,1-3H3,(H,21,22). The summed E-state index contributed by atoms with van der Waals surface area (Å²) in [5.41, 5.74) is 0.388. The van der Waals surface area contributed by atoms with Gasteiger partial charge in [-0.1, -0.05) is 19.9 Å². The fourth-order valence-electron chi connectivity index (χ4n) is 2.11. The lowest BCUT2D eigenvalue weighted by Gasteiger charge is -2.13. The van der Waals surface area contributed by atoms with Crippen molar-refractivity contribution in [3.05, 3.63) is 52.2 Å². The van der Waals surface area contributed by atoms with E-state index in [9.17, 15) is 9.59 Å². The molecule has 0 aliphatic rings. The predicted octanol–water partition coefficient (Wildman–Crippen LogP) is 4.03. The fraction of sp³-hybridized carbons (Fsp3) is 0.400. The number of ether oxygens (including phenoxy) is 2. The van der Waals surface area contributed by atoms with E-state index in [1.807, 2.05) is 17.5 Å². The van der Waals surface area contributed by atoms with Crippen LogP contribution in [0.1, 0.15) is 42.4 Å². The van der Waals surface area contributed by atoms with E-state index in [0.29, 0.717) is 30.4 Å². The summed E-state index contributed by atoms with van der Waals surface area (Å²) in [5.74, 6) is 0.443. The van der Waals surface area contributed by atoms with E-state index in [0.717, 1.165) is 11.3 Å². The highest BCUT2D eigenvalue weighted by Crippen LogP contribution is 2.15. The molecule has 1 aromatic carbocycles. The molecular formula is C20H25NO4S. The fourth-order valence-corrected chi connectivity index (χ4v) is 2.76. The first-order chi connectivity index (χ1) is 12.5. The summed E-state index contributed by atoms with van der Waals surface area (Å²) in [5, 5.41) is 4.70. The Morgan fingerprint density at radius 2 is 1.85 bits per heavy atom. The number of rotatable bonds is 9. The van der Waals surface area contributed by atoms with Crippen molar-refractivity contribution in [2.24, 2.45) is 5.92 Å². The van der Waals surface area contributed by atoms with Crippen molar-refractivity contribution in [1.82, 2.24) is 5.32 Å². The van der Waals surface area contributed by atoms with Gasteiger partial charge in [-0.2, -0.15) is 0 Å². The second-order valence-corrected chi connectivity index (χ2v) is 7.43. The number of benzene rings is 1. The van der Waals surface area contributed by atoms with Crippen molar-refractivity contribution in [3.63, 3.8) is 0 Å². The van der Waals surface area contributed by atoms with Crippen LogP contribution in [0.25, 0.3) is 0 Å². The molecule has 2 aromatic rings. The summed E-state index contributed by atoms with van der Waals surface area (Å²) in [4.78, 5) is 25.2. The van der Waals surface area contributed by atoms with Crippen LogP contribution >= 0.6 is 11.3 Å². The normalized spacial score (nSPS) is 11.8. The Bertz CT molecular complexity index is 695. The molecule has 140 valence electrons. The van der Waals surface area contributed by atoms with Gasteiger partial charge < -0.3 is 14.8 Å². The van der Waals surface area contributed by atoms with E-state index in [1.165, 1.54) is 0 Å². The highest BCUT2D eigenvalue weighted by Gasteiger charge is 2.18. The van der Waals surface area contributed by atoms with Crippen LogP contribution in [0.5, 0.6) is 5.75 Å². The molecule has 0 aliphatic carbocycles. The molecule has 1 N–H and O–H groups in total. The van der Waals surface area contributed by atoms with E-state index in [2.05, 4.69) is 19.2 Å². The molecule has 1 atom stereocenters. The summed E-state index contributed by atoms with van der Waals surface area (Å²) in [7, 11) is 0. The first-order valence-electron chi connectivity index (χ1n) is 8.69. The summed E-state index contributed by atoms with van der Waals surface area (Å²) in [6.07, 6.45) is 0.117. The Morgan fingerprint density at radius 3 is 2.46 bits per heavy atom. The van der Waals surface area contributed by atoms with Crippen molar-refractivity contribution in [2.45, 2.75) is 39.8 Å². The number of amides is 1. The Labute approximate surface area is 158 Å². The molecular weight excluding hydrogens is 350 g/mol. The minimum absolute atomic E-state index is 0.319. The van der Waals surface area contributed by atoms with Gasteiger partial charge in [0, 0.05) is 4.88 Å². The van der Waals surface area contributed by atoms with E-state index in [4.69, 9.17) is 9.47 Å². The maximum Gasteiger partial charge on any atom is 0.338 e. The van der Waals surface area contributed by atoms with Crippen molar-refractivity contribution in [3.8, 4) is 5.75 Å². The largest absolute Gasteiger partial charge is 0.494 e. The molecule has 0 spiro atoms. The summed E-state index contributed by atoms with van der Waals surface area (Å²) in [6.45, 7) is 6.91. The first kappa shape index (κ1) is 20.0. The number of thiophene rings is 1. The number of nitrogens with one attached hydrogen (secondary N) is 1. The molecule has 26 heavy (non-hydrogen) atoms. The summed E-state index contributed by atoms with van der Waals surface area (Å²) >= 11 is 1.56. The van der Waals surface area contributed by atoms with Gasteiger partial charge in [-0.25, -0.2) is 4.79 Å². The van der Waals surface area contributed by atoms with Crippen LogP contribution in [-0.4, -0.2) is 24.6 Å². The van der Waals surface area contributed by atoms with Gasteiger partial charge in [-0.15, -0.1) is 11.3 Å². The minimum atomic E-state index is -0.857. The maximum atomic E-state index is 12.2. The lowest BCUT2D eigenvalue weighted by Crippen LogP contribution is -2.35. The number of hydrogen-bond acceptors (Lipinski definition) is 5. The molecule has 0 fully saturated rings. The smallest absolute Gasteiger partial charge is 0.338 e. The lowest BCUT2D eigenvalue weighted by atomic mass is 10.1. The lowest BCUT2D eigenvalue weighted by molar-refractivity contribution is -0.129. The maximum absolute atomic E-state index is 12.2. The molecule has 2 rings (SSSR count). The van der Waals surface area contributed by atoms with Crippen LogP contribution in [-0.2, 0) is 16.1 Å². The average molecular weight is 375 g/mol. The highest BCUT2D eigenvalue weighted by molar-refractivity contribution is 7.09. The molecule has 0 radical (unpaired) electrons. The Balaban J connectivity index is 1.79. The van der Waals surface area contributed by atoms with Gasteiger partial charge >= 0.3 is 5.97 Å². The van der Waals surface area contributed by atoms with Crippen molar-refractivity contribution < 1.29 is 19.1 Å². The second kappa shape index (κ2) is 9.97. The van der Waals surface area contributed by atoms with Crippen LogP contribution in [0.4, 0.5) is 0 Å². The third-order valence-electron chi connectivity index (χ3n) is 3.72. The van der Waals surface area contributed by atoms with Crippen molar-refractivity contribution in [1.29, 1.82) is 0 Å². The third-order valence-corrected chi connectivity index (χ3v) is 4.60. The van der Waals surface area contributed by atoms with Gasteiger partial charge in [0.15, 0.2) is 6.10 Å². The van der Waals surface area contributed by atoms with Crippen LogP contribution < -0.4 is 10.1 Å². The minimum Gasteiger partial charge on any atom is -0.494 e. The third kappa shape index (κ3) is 6.52.